The molecular formula is C36H22F10O2. The van der Waals surface area contributed by atoms with Crippen LogP contribution in [0.1, 0.15) is 17.5 Å². The fraction of sp³-hybridized carbons (Fsp3) is 0.111. The SMILES string of the molecule is C=CCCc1ccc(-c2ccc(-c3ccc(-c4cc(F)c(C(F)(F)Oc5ccc(OC(F)(F)F)c(F)c5)c(F)c4)c(F)c3)c(F)c2)cc1. The van der Waals surface area contributed by atoms with Crippen molar-refractivity contribution in [3.05, 3.63) is 144 Å². The smallest absolute Gasteiger partial charge is 0.429 e. The number of halogens is 10. The van der Waals surface area contributed by atoms with E-state index < -0.39 is 69.7 Å². The number of allylic oxidation sites excluding steroid dienone is 1. The Labute approximate surface area is 267 Å². The average Bonchev–Trinajstić information content (AvgIpc) is 3.00. The zero-order chi connectivity index (χ0) is 34.8. The van der Waals surface area contributed by atoms with E-state index in [1.54, 1.807) is 6.07 Å². The van der Waals surface area contributed by atoms with Crippen molar-refractivity contribution in [3.8, 4) is 44.9 Å². The van der Waals surface area contributed by atoms with E-state index in [0.717, 1.165) is 36.1 Å². The average molecular weight is 677 g/mol. The van der Waals surface area contributed by atoms with Gasteiger partial charge in [0.1, 0.15) is 34.6 Å². The summed E-state index contributed by atoms with van der Waals surface area (Å²) in [5.74, 6) is -9.62. The molecule has 0 radical (unpaired) electrons. The highest BCUT2D eigenvalue weighted by molar-refractivity contribution is 5.74. The van der Waals surface area contributed by atoms with Crippen molar-refractivity contribution in [2.75, 3.05) is 0 Å². The zero-order valence-corrected chi connectivity index (χ0v) is 24.5. The van der Waals surface area contributed by atoms with Gasteiger partial charge >= 0.3 is 12.5 Å². The highest BCUT2D eigenvalue weighted by Crippen LogP contribution is 2.39. The van der Waals surface area contributed by atoms with Crippen LogP contribution in [-0.4, -0.2) is 6.36 Å². The van der Waals surface area contributed by atoms with Crippen LogP contribution in [0.15, 0.2) is 104 Å². The van der Waals surface area contributed by atoms with Gasteiger partial charge in [-0.1, -0.05) is 54.6 Å². The Hall–Kier alpha value is -5.26. The minimum Gasteiger partial charge on any atom is -0.429 e. The molecule has 5 aromatic carbocycles. The van der Waals surface area contributed by atoms with Crippen molar-refractivity contribution in [2.24, 2.45) is 0 Å². The van der Waals surface area contributed by atoms with Gasteiger partial charge in [0.2, 0.25) is 0 Å². The molecule has 0 atom stereocenters. The number of alkyl halides is 5. The molecule has 0 bridgehead atoms. The van der Waals surface area contributed by atoms with E-state index in [2.05, 4.69) is 16.1 Å². The summed E-state index contributed by atoms with van der Waals surface area (Å²) in [6.45, 7) is 3.69. The molecule has 2 nitrogen and oxygen atoms in total. The number of hydrogen-bond donors (Lipinski definition) is 0. The molecule has 5 rings (SSSR count). The maximum atomic E-state index is 15.2. The van der Waals surface area contributed by atoms with Gasteiger partial charge in [-0.25, -0.2) is 22.0 Å². The third-order valence-electron chi connectivity index (χ3n) is 7.19. The molecule has 0 aromatic heterocycles. The summed E-state index contributed by atoms with van der Waals surface area (Å²) in [5.41, 5.74) is -0.257. The standard InChI is InChI=1S/C36H22F10O2/c1-2-3-4-20-5-7-21(8-6-20)22-9-12-26(28(37)15-22)23-10-13-27(29(38)16-23)24-17-31(40)34(32(41)18-24)35(42,43)47-25-11-14-33(30(39)19-25)48-36(44,45)46/h2,5-19H,1,3-4H2. The lowest BCUT2D eigenvalue weighted by Gasteiger charge is -2.20. The Balaban J connectivity index is 1.36. The molecule has 0 spiro atoms. The van der Waals surface area contributed by atoms with Gasteiger partial charge in [0.15, 0.2) is 11.6 Å². The van der Waals surface area contributed by atoms with Crippen LogP contribution in [0.4, 0.5) is 43.9 Å². The first-order valence-electron chi connectivity index (χ1n) is 14.1. The summed E-state index contributed by atoms with van der Waals surface area (Å²) in [4.78, 5) is 0. The van der Waals surface area contributed by atoms with Crippen molar-refractivity contribution >= 4 is 0 Å². The molecule has 0 unspecified atom stereocenters. The number of hydrogen-bond acceptors (Lipinski definition) is 2. The second kappa shape index (κ2) is 13.5. The van der Waals surface area contributed by atoms with Crippen LogP contribution in [0.5, 0.6) is 11.5 Å². The van der Waals surface area contributed by atoms with Crippen LogP contribution in [0.25, 0.3) is 33.4 Å². The summed E-state index contributed by atoms with van der Waals surface area (Å²) in [5, 5.41) is 0. The molecule has 0 amide bonds. The Morgan fingerprint density at radius 3 is 1.65 bits per heavy atom. The summed E-state index contributed by atoms with van der Waals surface area (Å²) in [6.07, 6.45) is -6.62. The monoisotopic (exact) mass is 676 g/mol. The van der Waals surface area contributed by atoms with Crippen LogP contribution in [0.2, 0.25) is 0 Å². The van der Waals surface area contributed by atoms with E-state index in [1.807, 2.05) is 30.3 Å². The quantitative estimate of drug-likeness (QED) is 0.108. The first-order valence-corrected chi connectivity index (χ1v) is 14.1. The maximum absolute atomic E-state index is 15.2. The van der Waals surface area contributed by atoms with Crippen LogP contribution in [0, 0.1) is 29.1 Å². The van der Waals surface area contributed by atoms with Crippen LogP contribution >= 0.6 is 0 Å². The summed E-state index contributed by atoms with van der Waals surface area (Å²) >= 11 is 0. The van der Waals surface area contributed by atoms with Gasteiger partial charge in [0.25, 0.3) is 0 Å². The van der Waals surface area contributed by atoms with Gasteiger partial charge in [-0.2, -0.15) is 8.78 Å². The third kappa shape index (κ3) is 7.64. The predicted octanol–water partition coefficient (Wildman–Crippen LogP) is 11.5. The lowest BCUT2D eigenvalue weighted by Crippen LogP contribution is -2.25. The third-order valence-corrected chi connectivity index (χ3v) is 7.19. The minimum atomic E-state index is -5.28. The second-order valence-electron chi connectivity index (χ2n) is 10.5. The van der Waals surface area contributed by atoms with E-state index in [4.69, 9.17) is 0 Å². The number of rotatable bonds is 10. The molecule has 0 N–H and O–H groups in total. The minimum absolute atomic E-state index is 0.0331. The van der Waals surface area contributed by atoms with Crippen molar-refractivity contribution in [2.45, 2.75) is 25.3 Å². The van der Waals surface area contributed by atoms with Gasteiger partial charge in [-0.05, 0) is 77.1 Å². The molecule has 0 aliphatic heterocycles. The Bertz CT molecular complexity index is 1940. The molecule has 12 heteroatoms. The highest BCUT2D eigenvalue weighted by Gasteiger charge is 2.42. The molecule has 0 heterocycles. The highest BCUT2D eigenvalue weighted by atomic mass is 19.4. The molecule has 0 fully saturated rings. The molecular weight excluding hydrogens is 654 g/mol. The normalized spacial score (nSPS) is 11.8. The lowest BCUT2D eigenvalue weighted by molar-refractivity contribution is -0.275. The topological polar surface area (TPSA) is 18.5 Å². The maximum Gasteiger partial charge on any atom is 0.573 e. The number of ether oxygens (including phenoxy) is 2. The summed E-state index contributed by atoms with van der Waals surface area (Å²) in [6, 6.07) is 16.9. The Morgan fingerprint density at radius 1 is 0.542 bits per heavy atom. The van der Waals surface area contributed by atoms with Gasteiger partial charge in [-0.15, -0.1) is 19.8 Å². The van der Waals surface area contributed by atoms with Crippen molar-refractivity contribution in [1.82, 2.24) is 0 Å². The first kappa shape index (κ1) is 34.1. The zero-order valence-electron chi connectivity index (χ0n) is 24.5. The van der Waals surface area contributed by atoms with Crippen molar-refractivity contribution in [3.63, 3.8) is 0 Å². The fourth-order valence-corrected chi connectivity index (χ4v) is 4.94. The van der Waals surface area contributed by atoms with Crippen molar-refractivity contribution < 1.29 is 53.4 Å². The van der Waals surface area contributed by atoms with E-state index in [0.29, 0.717) is 29.8 Å². The molecule has 0 saturated heterocycles. The van der Waals surface area contributed by atoms with E-state index in [1.165, 1.54) is 18.2 Å². The van der Waals surface area contributed by atoms with Crippen LogP contribution in [0.3, 0.4) is 0 Å². The summed E-state index contributed by atoms with van der Waals surface area (Å²) < 4.78 is 148. The number of benzene rings is 5. The van der Waals surface area contributed by atoms with Gasteiger partial charge in [0, 0.05) is 17.2 Å². The largest absolute Gasteiger partial charge is 0.573 e. The molecule has 0 aliphatic carbocycles. The van der Waals surface area contributed by atoms with E-state index in [-0.39, 0.29) is 17.2 Å². The first-order chi connectivity index (χ1) is 22.6. The Kier molecular flexibility index (Phi) is 9.56. The molecule has 5 aromatic rings. The Morgan fingerprint density at radius 2 is 1.08 bits per heavy atom. The molecule has 0 saturated carbocycles. The van der Waals surface area contributed by atoms with E-state index >= 15 is 8.78 Å². The number of aryl methyl sites for hydroxylation is 1. The second-order valence-corrected chi connectivity index (χ2v) is 10.5. The van der Waals surface area contributed by atoms with Gasteiger partial charge in [0.05, 0.1) is 0 Å². The lowest BCUT2D eigenvalue weighted by atomic mass is 9.96. The predicted molar refractivity (Wildman–Crippen MR) is 159 cm³/mol. The fourth-order valence-electron chi connectivity index (χ4n) is 4.94. The molecule has 248 valence electrons. The molecule has 48 heavy (non-hydrogen) atoms. The van der Waals surface area contributed by atoms with Crippen LogP contribution in [-0.2, 0) is 12.5 Å². The van der Waals surface area contributed by atoms with Gasteiger partial charge in [-0.3, -0.25) is 0 Å². The van der Waals surface area contributed by atoms with Crippen LogP contribution < -0.4 is 9.47 Å². The van der Waals surface area contributed by atoms with Crippen molar-refractivity contribution in [1.29, 1.82) is 0 Å². The summed E-state index contributed by atoms with van der Waals surface area (Å²) in [7, 11) is 0. The van der Waals surface area contributed by atoms with E-state index in [9.17, 15) is 35.1 Å². The van der Waals surface area contributed by atoms with Gasteiger partial charge < -0.3 is 9.47 Å². The molecule has 0 aliphatic rings.